The molecule has 0 spiro atoms. The van der Waals surface area contributed by atoms with E-state index >= 15 is 0 Å². The van der Waals surface area contributed by atoms with Crippen LogP contribution in [0.4, 0.5) is 10.5 Å². The van der Waals surface area contributed by atoms with Gasteiger partial charge in [0.1, 0.15) is 6.04 Å². The van der Waals surface area contributed by atoms with E-state index in [1.54, 1.807) is 23.7 Å². The van der Waals surface area contributed by atoms with Crippen molar-refractivity contribution >= 4 is 35.3 Å². The van der Waals surface area contributed by atoms with Crippen LogP contribution in [0.2, 0.25) is 0 Å². The molecule has 0 aromatic heterocycles. The first kappa shape index (κ1) is 36.6. The lowest BCUT2D eigenvalue weighted by molar-refractivity contribution is -0.128. The fourth-order valence-corrected chi connectivity index (χ4v) is 6.89. The van der Waals surface area contributed by atoms with Gasteiger partial charge in [-0.05, 0) is 60.7 Å². The first-order chi connectivity index (χ1) is 24.1. The van der Waals surface area contributed by atoms with E-state index in [1.807, 2.05) is 124 Å². The lowest BCUT2D eigenvalue weighted by atomic mass is 9.98. The third-order valence-electron chi connectivity index (χ3n) is 8.60. The molecule has 4 amide bonds. The summed E-state index contributed by atoms with van der Waals surface area (Å²) in [5, 5.41) is 12.0. The van der Waals surface area contributed by atoms with Gasteiger partial charge in [0.25, 0.3) is 5.91 Å². The summed E-state index contributed by atoms with van der Waals surface area (Å²) in [5.41, 5.74) is 5.45. The molecular formula is C40H47N5O4S. The number of nitrogens with one attached hydrogen (secondary N) is 4. The average Bonchev–Trinajstić information content (AvgIpc) is 3.25. The van der Waals surface area contributed by atoms with Gasteiger partial charge < -0.3 is 30.9 Å². The molecule has 1 aliphatic heterocycles. The average molecular weight is 694 g/mol. The second-order valence-corrected chi connectivity index (χ2v) is 14.2. The van der Waals surface area contributed by atoms with Gasteiger partial charge in [0, 0.05) is 42.7 Å². The van der Waals surface area contributed by atoms with Crippen molar-refractivity contribution in [3.63, 3.8) is 0 Å². The molecule has 0 radical (unpaired) electrons. The molecule has 0 saturated carbocycles. The molecule has 0 fully saturated rings. The number of nitrogens with zero attached hydrogens (tertiary/aromatic N) is 1. The predicted octanol–water partition coefficient (Wildman–Crippen LogP) is 6.27. The minimum Gasteiger partial charge on any atom is -0.373 e. The molecule has 2 atom stereocenters. The van der Waals surface area contributed by atoms with E-state index in [1.165, 1.54) is 0 Å². The Morgan fingerprint density at radius 2 is 1.62 bits per heavy atom. The van der Waals surface area contributed by atoms with Gasteiger partial charge in [0.05, 0.1) is 24.9 Å². The summed E-state index contributed by atoms with van der Waals surface area (Å²) in [6.07, 6.45) is 0.167. The van der Waals surface area contributed by atoms with Gasteiger partial charge >= 0.3 is 6.03 Å². The standard InChI is InChI=1S/C40H47N5O4S/c1-28(49-26-30-12-6-5-7-13-30)23-43-40(2,3)22-37(46)44-34-27-50-36-17-11-10-16-35(36)45(38(34)47)25-29-18-20-31(21-19-29)33-15-9-8-14-32(33)24-42-39(48)41-4/h5-21,28,34,43H,22-27H2,1-4H3,(H,44,46)(H2,41,42,48)/t28-,34-/m1/s1. The van der Waals surface area contributed by atoms with Crippen molar-refractivity contribution in [2.75, 3.05) is 24.2 Å². The highest BCUT2D eigenvalue weighted by molar-refractivity contribution is 7.99. The van der Waals surface area contributed by atoms with Gasteiger partial charge in [-0.2, -0.15) is 0 Å². The first-order valence-corrected chi connectivity index (χ1v) is 18.0. The molecule has 9 nitrogen and oxygen atoms in total. The normalized spacial score (nSPS) is 15.1. The lowest BCUT2D eigenvalue weighted by Gasteiger charge is -2.29. The molecule has 4 N–H and O–H groups in total. The Bertz CT molecular complexity index is 1750. The minimum atomic E-state index is -0.678. The van der Waals surface area contributed by atoms with Crippen molar-refractivity contribution in [2.45, 2.75) is 69.5 Å². The number of fused-ring (bicyclic) bond motifs is 1. The molecule has 0 unspecified atom stereocenters. The van der Waals surface area contributed by atoms with Gasteiger partial charge in [-0.1, -0.05) is 91.0 Å². The first-order valence-electron chi connectivity index (χ1n) is 17.0. The van der Waals surface area contributed by atoms with Crippen molar-refractivity contribution in [2.24, 2.45) is 0 Å². The largest absolute Gasteiger partial charge is 0.373 e. The number of thioether (sulfide) groups is 1. The summed E-state index contributed by atoms with van der Waals surface area (Å²) < 4.78 is 5.99. The summed E-state index contributed by atoms with van der Waals surface area (Å²) in [6.45, 7) is 7.87. The van der Waals surface area contributed by atoms with Crippen LogP contribution in [-0.2, 0) is 34.0 Å². The summed E-state index contributed by atoms with van der Waals surface area (Å²) in [6, 6.07) is 33.1. The number of ether oxygens (including phenoxy) is 1. The topological polar surface area (TPSA) is 112 Å². The Balaban J connectivity index is 1.22. The van der Waals surface area contributed by atoms with E-state index in [2.05, 4.69) is 21.3 Å². The number of para-hydroxylation sites is 1. The second kappa shape index (κ2) is 17.3. The van der Waals surface area contributed by atoms with Gasteiger partial charge in [-0.3, -0.25) is 9.59 Å². The Morgan fingerprint density at radius 1 is 0.920 bits per heavy atom. The van der Waals surface area contributed by atoms with Crippen molar-refractivity contribution in [1.29, 1.82) is 0 Å². The smallest absolute Gasteiger partial charge is 0.314 e. The van der Waals surface area contributed by atoms with E-state index in [-0.39, 0.29) is 30.4 Å². The third kappa shape index (κ3) is 10.2. The number of carbonyl (C=O) groups excluding carboxylic acids is 3. The number of carbonyl (C=O) groups is 3. The van der Waals surface area contributed by atoms with Crippen LogP contribution in [0.25, 0.3) is 11.1 Å². The van der Waals surface area contributed by atoms with Crippen molar-refractivity contribution in [1.82, 2.24) is 21.3 Å². The van der Waals surface area contributed by atoms with Gasteiger partial charge in [0.2, 0.25) is 5.91 Å². The molecule has 50 heavy (non-hydrogen) atoms. The zero-order valence-corrected chi connectivity index (χ0v) is 30.0. The van der Waals surface area contributed by atoms with Crippen molar-refractivity contribution in [3.05, 3.63) is 120 Å². The number of rotatable bonds is 14. The van der Waals surface area contributed by atoms with Crippen molar-refractivity contribution < 1.29 is 19.1 Å². The monoisotopic (exact) mass is 693 g/mol. The summed E-state index contributed by atoms with van der Waals surface area (Å²) >= 11 is 1.58. The Hall–Kier alpha value is -4.64. The van der Waals surface area contributed by atoms with Gasteiger partial charge in [0.15, 0.2) is 0 Å². The van der Waals surface area contributed by atoms with E-state index in [0.29, 0.717) is 32.0 Å². The molecule has 10 heteroatoms. The van der Waals surface area contributed by atoms with E-state index < -0.39 is 11.6 Å². The highest BCUT2D eigenvalue weighted by Crippen LogP contribution is 2.35. The van der Waals surface area contributed by atoms with Crippen LogP contribution < -0.4 is 26.2 Å². The van der Waals surface area contributed by atoms with Crippen LogP contribution >= 0.6 is 11.8 Å². The number of anilines is 1. The molecule has 0 bridgehead atoms. The number of urea groups is 1. The maximum atomic E-state index is 14.1. The molecule has 5 rings (SSSR count). The zero-order valence-electron chi connectivity index (χ0n) is 29.2. The van der Waals surface area contributed by atoms with Gasteiger partial charge in [-0.15, -0.1) is 11.8 Å². The molecule has 0 saturated heterocycles. The number of benzene rings is 4. The Kier molecular flexibility index (Phi) is 12.7. The lowest BCUT2D eigenvalue weighted by Crippen LogP contribution is -2.52. The van der Waals surface area contributed by atoms with Crippen LogP contribution in [0.15, 0.2) is 108 Å². The molecule has 1 aliphatic rings. The predicted molar refractivity (Wildman–Crippen MR) is 201 cm³/mol. The molecule has 4 aromatic carbocycles. The highest BCUT2D eigenvalue weighted by atomic mass is 32.2. The Morgan fingerprint density at radius 3 is 2.38 bits per heavy atom. The fourth-order valence-electron chi connectivity index (χ4n) is 5.81. The molecule has 1 heterocycles. The minimum absolute atomic E-state index is 0.0423. The number of hydrogen-bond acceptors (Lipinski definition) is 6. The maximum absolute atomic E-state index is 14.1. The molecule has 0 aliphatic carbocycles. The summed E-state index contributed by atoms with van der Waals surface area (Å²) in [4.78, 5) is 42.1. The molecular weight excluding hydrogens is 647 g/mol. The number of hydrogen-bond donors (Lipinski definition) is 4. The summed E-state index contributed by atoms with van der Waals surface area (Å²) in [5.74, 6) is 0.120. The number of amides is 4. The van der Waals surface area contributed by atoms with Crippen LogP contribution in [-0.4, -0.2) is 54.9 Å². The van der Waals surface area contributed by atoms with Crippen LogP contribution in [0, 0.1) is 0 Å². The van der Waals surface area contributed by atoms with E-state index in [9.17, 15) is 14.4 Å². The van der Waals surface area contributed by atoms with Crippen LogP contribution in [0.1, 0.15) is 43.9 Å². The van der Waals surface area contributed by atoms with Crippen molar-refractivity contribution in [3.8, 4) is 11.1 Å². The van der Waals surface area contributed by atoms with E-state index in [0.717, 1.165) is 38.4 Å². The zero-order chi connectivity index (χ0) is 35.5. The molecule has 262 valence electrons. The third-order valence-corrected chi connectivity index (χ3v) is 9.75. The fraction of sp³-hybridized carbons (Fsp3) is 0.325. The van der Waals surface area contributed by atoms with Gasteiger partial charge in [-0.25, -0.2) is 4.79 Å². The van der Waals surface area contributed by atoms with Crippen LogP contribution in [0.5, 0.6) is 0 Å². The molecule has 4 aromatic rings. The SMILES string of the molecule is CNC(=O)NCc1ccccc1-c1ccc(CN2C(=O)[C@H](NC(=O)CC(C)(C)NC[C@@H](C)OCc3ccccc3)CSc3ccccc32)cc1. The summed E-state index contributed by atoms with van der Waals surface area (Å²) in [7, 11) is 1.59. The van der Waals surface area contributed by atoms with E-state index in [4.69, 9.17) is 4.74 Å². The maximum Gasteiger partial charge on any atom is 0.314 e. The Labute approximate surface area is 299 Å². The highest BCUT2D eigenvalue weighted by Gasteiger charge is 2.33. The van der Waals surface area contributed by atoms with Crippen LogP contribution in [0.3, 0.4) is 0 Å². The second-order valence-electron chi connectivity index (χ2n) is 13.2. The quantitative estimate of drug-likeness (QED) is 0.124.